The SMILES string of the molecule is CCSc1nnc(NC(=O)C(CC)N(c2cccc([N+](=O)[O-])c2)S(C)(=O)=O)s1. The molecule has 28 heavy (non-hydrogen) atoms. The van der Waals surface area contributed by atoms with Crippen LogP contribution < -0.4 is 9.62 Å². The van der Waals surface area contributed by atoms with E-state index in [1.165, 1.54) is 41.3 Å². The largest absolute Gasteiger partial charge is 0.299 e. The molecule has 13 heteroatoms. The number of non-ortho nitro benzene ring substituents is 1. The Hall–Kier alpha value is -2.25. The molecule has 1 unspecified atom stereocenters. The first-order valence-corrected chi connectivity index (χ1v) is 11.8. The number of nitro benzene ring substituents is 1. The van der Waals surface area contributed by atoms with E-state index in [0.29, 0.717) is 4.34 Å². The van der Waals surface area contributed by atoms with Gasteiger partial charge >= 0.3 is 0 Å². The van der Waals surface area contributed by atoms with Crippen LogP contribution in [0.5, 0.6) is 0 Å². The van der Waals surface area contributed by atoms with Gasteiger partial charge in [-0.15, -0.1) is 10.2 Å². The van der Waals surface area contributed by atoms with Gasteiger partial charge in [-0.2, -0.15) is 0 Å². The zero-order valence-corrected chi connectivity index (χ0v) is 17.8. The molecule has 0 aliphatic rings. The molecule has 0 saturated carbocycles. The van der Waals surface area contributed by atoms with Gasteiger partial charge in [0.1, 0.15) is 6.04 Å². The number of carbonyl (C=O) groups excluding carboxylic acids is 1. The van der Waals surface area contributed by atoms with Gasteiger partial charge in [0.2, 0.25) is 21.1 Å². The van der Waals surface area contributed by atoms with Crippen molar-refractivity contribution < 1.29 is 18.1 Å². The van der Waals surface area contributed by atoms with Crippen molar-refractivity contribution in [1.82, 2.24) is 10.2 Å². The summed E-state index contributed by atoms with van der Waals surface area (Å²) >= 11 is 2.66. The van der Waals surface area contributed by atoms with E-state index in [9.17, 15) is 23.3 Å². The number of carbonyl (C=O) groups is 1. The maximum Gasteiger partial charge on any atom is 0.271 e. The van der Waals surface area contributed by atoms with E-state index in [2.05, 4.69) is 15.5 Å². The van der Waals surface area contributed by atoms with E-state index in [4.69, 9.17) is 0 Å². The quantitative estimate of drug-likeness (QED) is 0.269. The van der Waals surface area contributed by atoms with Crippen molar-refractivity contribution in [2.45, 2.75) is 30.6 Å². The van der Waals surface area contributed by atoms with E-state index < -0.39 is 26.9 Å². The lowest BCUT2D eigenvalue weighted by molar-refractivity contribution is -0.384. The molecule has 0 fully saturated rings. The van der Waals surface area contributed by atoms with Crippen LogP contribution in [0.15, 0.2) is 28.6 Å². The van der Waals surface area contributed by atoms with Crippen LogP contribution in [0, 0.1) is 10.1 Å². The fourth-order valence-corrected chi connectivity index (χ4v) is 5.29. The standard InChI is InChI=1S/C15H19N5O5S3/c1-4-12(13(21)16-14-17-18-15(27-14)26-5-2)19(28(3,24)25)10-7-6-8-11(9-10)20(22)23/h6-9,12H,4-5H2,1-3H3,(H,16,17,21). The molecule has 0 saturated heterocycles. The topological polar surface area (TPSA) is 135 Å². The maximum atomic E-state index is 12.8. The average molecular weight is 446 g/mol. The molecule has 0 aliphatic heterocycles. The molecule has 2 aromatic rings. The van der Waals surface area contributed by atoms with Crippen molar-refractivity contribution in [3.63, 3.8) is 0 Å². The summed E-state index contributed by atoms with van der Waals surface area (Å²) in [6.45, 7) is 3.61. The number of nitrogens with zero attached hydrogens (tertiary/aromatic N) is 4. The molecule has 0 spiro atoms. The van der Waals surface area contributed by atoms with Crippen molar-refractivity contribution in [2.24, 2.45) is 0 Å². The molecule has 152 valence electrons. The lowest BCUT2D eigenvalue weighted by Crippen LogP contribution is -2.47. The van der Waals surface area contributed by atoms with Crippen LogP contribution in [0.2, 0.25) is 0 Å². The van der Waals surface area contributed by atoms with Crippen molar-refractivity contribution >= 4 is 55.5 Å². The second kappa shape index (κ2) is 9.30. The van der Waals surface area contributed by atoms with Crippen LogP contribution >= 0.6 is 23.1 Å². The Morgan fingerprint density at radius 2 is 2.11 bits per heavy atom. The van der Waals surface area contributed by atoms with Crippen LogP contribution in [-0.2, 0) is 14.8 Å². The number of rotatable bonds is 9. The first kappa shape index (κ1) is 22.0. The van der Waals surface area contributed by atoms with E-state index in [-0.39, 0.29) is 22.9 Å². The van der Waals surface area contributed by atoms with Crippen LogP contribution in [0.1, 0.15) is 20.3 Å². The van der Waals surface area contributed by atoms with E-state index in [0.717, 1.165) is 22.4 Å². The minimum atomic E-state index is -3.90. The molecule has 0 bridgehead atoms. The Kier molecular flexibility index (Phi) is 7.32. The molecule has 0 aliphatic carbocycles. The number of amides is 1. The molecule has 1 aromatic carbocycles. The van der Waals surface area contributed by atoms with Crippen molar-refractivity contribution in [1.29, 1.82) is 0 Å². The van der Waals surface area contributed by atoms with Crippen LogP contribution in [0.25, 0.3) is 0 Å². The van der Waals surface area contributed by atoms with Gasteiger partial charge in [0.15, 0.2) is 4.34 Å². The molecular formula is C15H19N5O5S3. The number of aromatic nitrogens is 2. The van der Waals surface area contributed by atoms with Gasteiger partial charge in [-0.3, -0.25) is 24.5 Å². The third kappa shape index (κ3) is 5.39. The highest BCUT2D eigenvalue weighted by molar-refractivity contribution is 8.01. The first-order chi connectivity index (χ1) is 13.2. The maximum absolute atomic E-state index is 12.8. The highest BCUT2D eigenvalue weighted by Crippen LogP contribution is 2.28. The second-order valence-corrected chi connectivity index (χ2v) is 9.90. The van der Waals surface area contributed by atoms with Crippen LogP contribution in [-0.4, -0.2) is 47.5 Å². The number of nitro groups is 1. The highest BCUT2D eigenvalue weighted by atomic mass is 32.2. The molecule has 1 heterocycles. The summed E-state index contributed by atoms with van der Waals surface area (Å²) in [4.78, 5) is 23.2. The van der Waals surface area contributed by atoms with Gasteiger partial charge in [0, 0.05) is 12.1 Å². The first-order valence-electron chi connectivity index (χ1n) is 8.18. The lowest BCUT2D eigenvalue weighted by atomic mass is 10.2. The number of nitrogens with one attached hydrogen (secondary N) is 1. The van der Waals surface area contributed by atoms with Gasteiger partial charge in [-0.25, -0.2) is 8.42 Å². The summed E-state index contributed by atoms with van der Waals surface area (Å²) in [5, 5.41) is 21.7. The number of thioether (sulfide) groups is 1. The highest BCUT2D eigenvalue weighted by Gasteiger charge is 2.32. The number of anilines is 2. The zero-order valence-electron chi connectivity index (χ0n) is 15.4. The summed E-state index contributed by atoms with van der Waals surface area (Å²) in [6, 6.07) is 4.04. The van der Waals surface area contributed by atoms with Crippen molar-refractivity contribution in [3.05, 3.63) is 34.4 Å². The van der Waals surface area contributed by atoms with Crippen molar-refractivity contribution in [2.75, 3.05) is 21.6 Å². The molecule has 1 atom stereocenters. The minimum absolute atomic E-state index is 0.0400. The Labute approximate surface area is 170 Å². The number of hydrogen-bond acceptors (Lipinski definition) is 9. The molecule has 0 radical (unpaired) electrons. The summed E-state index contributed by atoms with van der Waals surface area (Å²) in [5.41, 5.74) is -0.232. The third-order valence-electron chi connectivity index (χ3n) is 3.53. The predicted molar refractivity (Wildman–Crippen MR) is 109 cm³/mol. The lowest BCUT2D eigenvalue weighted by Gasteiger charge is -2.29. The molecule has 2 rings (SSSR count). The molecule has 1 amide bonds. The van der Waals surface area contributed by atoms with Gasteiger partial charge < -0.3 is 0 Å². The third-order valence-corrected chi connectivity index (χ3v) is 6.56. The molecule has 1 N–H and O–H groups in total. The summed E-state index contributed by atoms with van der Waals surface area (Å²) in [5.74, 6) is 0.207. The van der Waals surface area contributed by atoms with Gasteiger partial charge in [0.05, 0.1) is 16.9 Å². The minimum Gasteiger partial charge on any atom is -0.299 e. The normalized spacial score (nSPS) is 12.4. The number of benzene rings is 1. The summed E-state index contributed by atoms with van der Waals surface area (Å²) in [7, 11) is -3.90. The van der Waals surface area contributed by atoms with Gasteiger partial charge in [-0.05, 0) is 18.2 Å². The van der Waals surface area contributed by atoms with Gasteiger partial charge in [0.25, 0.3) is 5.69 Å². The monoisotopic (exact) mass is 445 g/mol. The van der Waals surface area contributed by atoms with Crippen molar-refractivity contribution in [3.8, 4) is 0 Å². The number of sulfonamides is 1. The predicted octanol–water partition coefficient (Wildman–Crippen LogP) is 2.74. The Balaban J connectivity index is 2.35. The van der Waals surface area contributed by atoms with E-state index >= 15 is 0 Å². The molecular weight excluding hydrogens is 426 g/mol. The Bertz CT molecular complexity index is 962. The summed E-state index contributed by atoms with van der Waals surface area (Å²) < 4.78 is 26.4. The second-order valence-electron chi connectivity index (χ2n) is 5.56. The fourth-order valence-electron chi connectivity index (χ4n) is 2.43. The smallest absolute Gasteiger partial charge is 0.271 e. The van der Waals surface area contributed by atoms with Crippen LogP contribution in [0.4, 0.5) is 16.5 Å². The van der Waals surface area contributed by atoms with E-state index in [1.54, 1.807) is 6.92 Å². The Morgan fingerprint density at radius 1 is 1.39 bits per heavy atom. The fraction of sp³-hybridized carbons (Fsp3) is 0.400. The summed E-state index contributed by atoms with van der Waals surface area (Å²) in [6.07, 6.45) is 1.10. The average Bonchev–Trinajstić information content (AvgIpc) is 3.05. The Morgan fingerprint density at radius 3 is 2.68 bits per heavy atom. The van der Waals surface area contributed by atoms with Gasteiger partial charge in [-0.1, -0.05) is 43.0 Å². The number of hydrogen-bond donors (Lipinski definition) is 1. The van der Waals surface area contributed by atoms with E-state index in [1.807, 2.05) is 6.92 Å². The van der Waals surface area contributed by atoms with Crippen LogP contribution in [0.3, 0.4) is 0 Å². The zero-order chi connectivity index (χ0) is 20.9. The molecule has 1 aromatic heterocycles. The molecule has 10 nitrogen and oxygen atoms in total.